The van der Waals surface area contributed by atoms with Gasteiger partial charge in [0.15, 0.2) is 0 Å². The summed E-state index contributed by atoms with van der Waals surface area (Å²) in [5, 5.41) is 3.26. The Labute approximate surface area is 188 Å². The summed E-state index contributed by atoms with van der Waals surface area (Å²) in [7, 11) is 2.08. The van der Waals surface area contributed by atoms with Crippen LogP contribution in [0.15, 0.2) is 42.7 Å². The predicted molar refractivity (Wildman–Crippen MR) is 124 cm³/mol. The molecule has 0 unspecified atom stereocenters. The van der Waals surface area contributed by atoms with Gasteiger partial charge in [-0.1, -0.05) is 0 Å². The van der Waals surface area contributed by atoms with Gasteiger partial charge in [-0.25, -0.2) is 15.0 Å². The third kappa shape index (κ3) is 4.23. The first-order chi connectivity index (χ1) is 15.6. The van der Waals surface area contributed by atoms with E-state index in [0.29, 0.717) is 17.4 Å². The van der Waals surface area contributed by atoms with E-state index in [-0.39, 0.29) is 5.91 Å². The van der Waals surface area contributed by atoms with Crippen molar-refractivity contribution in [2.45, 2.75) is 32.2 Å². The zero-order valence-corrected chi connectivity index (χ0v) is 18.7. The van der Waals surface area contributed by atoms with Crippen molar-refractivity contribution < 1.29 is 4.79 Å². The Morgan fingerprint density at radius 3 is 2.50 bits per heavy atom. The summed E-state index contributed by atoms with van der Waals surface area (Å²) >= 11 is 0. The van der Waals surface area contributed by atoms with Crippen LogP contribution >= 0.6 is 0 Å². The first-order valence-corrected chi connectivity index (χ1v) is 11.4. The van der Waals surface area contributed by atoms with Gasteiger partial charge in [-0.3, -0.25) is 4.79 Å². The number of rotatable bonds is 6. The van der Waals surface area contributed by atoms with E-state index in [4.69, 9.17) is 4.98 Å². The summed E-state index contributed by atoms with van der Waals surface area (Å²) in [6.45, 7) is 6.38. The zero-order chi connectivity index (χ0) is 22.1. The predicted octanol–water partition coefficient (Wildman–Crippen LogP) is 3.37. The van der Waals surface area contributed by atoms with Crippen molar-refractivity contribution >= 4 is 17.5 Å². The highest BCUT2D eigenvalue weighted by molar-refractivity contribution is 5.94. The second kappa shape index (κ2) is 8.70. The highest BCUT2D eigenvalue weighted by Crippen LogP contribution is 2.40. The maximum absolute atomic E-state index is 12.7. The Morgan fingerprint density at radius 2 is 1.81 bits per heavy atom. The zero-order valence-electron chi connectivity index (χ0n) is 18.7. The fraction of sp³-hybridized carbons (Fsp3) is 0.417. The molecule has 32 heavy (non-hydrogen) atoms. The van der Waals surface area contributed by atoms with Gasteiger partial charge in [-0.05, 0) is 57.1 Å². The Kier molecular flexibility index (Phi) is 5.61. The van der Waals surface area contributed by atoms with Gasteiger partial charge in [0.05, 0.1) is 17.6 Å². The van der Waals surface area contributed by atoms with Crippen LogP contribution in [0.3, 0.4) is 0 Å². The molecule has 2 aliphatic rings. The minimum atomic E-state index is 0.0854. The number of piperazine rings is 1. The molecule has 3 heterocycles. The number of anilines is 2. The number of carbonyl (C=O) groups is 1. The number of imidazole rings is 1. The number of nitrogens with one attached hydrogen (secondary N) is 1. The van der Waals surface area contributed by atoms with Crippen LogP contribution in [0.25, 0.3) is 11.4 Å². The second-order valence-electron chi connectivity index (χ2n) is 8.58. The molecule has 2 aromatic heterocycles. The number of hydrogen-bond donors (Lipinski definition) is 1. The molecule has 0 atom stereocenters. The number of nitrogens with zero attached hydrogens (tertiary/aromatic N) is 6. The van der Waals surface area contributed by atoms with Crippen molar-refractivity contribution in [1.29, 1.82) is 0 Å². The van der Waals surface area contributed by atoms with Crippen LogP contribution in [0.4, 0.5) is 11.6 Å². The smallest absolute Gasteiger partial charge is 0.253 e. The molecular formula is C24H29N7O. The molecule has 1 aliphatic heterocycles. The average molecular weight is 432 g/mol. The van der Waals surface area contributed by atoms with E-state index in [0.717, 1.165) is 55.6 Å². The Bertz CT molecular complexity index is 1100. The van der Waals surface area contributed by atoms with Gasteiger partial charge in [0.25, 0.3) is 5.91 Å². The fourth-order valence-corrected chi connectivity index (χ4v) is 4.17. The maximum Gasteiger partial charge on any atom is 0.253 e. The summed E-state index contributed by atoms with van der Waals surface area (Å²) in [4.78, 5) is 30.6. The molecular weight excluding hydrogens is 402 g/mol. The van der Waals surface area contributed by atoms with Crippen LogP contribution in [-0.4, -0.2) is 68.5 Å². The van der Waals surface area contributed by atoms with E-state index < -0.39 is 0 Å². The topological polar surface area (TPSA) is 79.2 Å². The van der Waals surface area contributed by atoms with Gasteiger partial charge in [0.2, 0.25) is 5.95 Å². The number of aromatic nitrogens is 4. The van der Waals surface area contributed by atoms with Gasteiger partial charge in [0, 0.05) is 56.1 Å². The number of benzene rings is 1. The van der Waals surface area contributed by atoms with E-state index in [1.54, 1.807) is 6.20 Å². The monoisotopic (exact) mass is 431 g/mol. The van der Waals surface area contributed by atoms with E-state index in [2.05, 4.69) is 38.7 Å². The molecule has 3 aromatic rings. The molecule has 166 valence electrons. The SMILES string of the molecule is CCn1c(-c2ccnc(Nc3ccc(C(=O)N4CCN(C)CC4)cc3)n2)cnc1C1CC1. The van der Waals surface area contributed by atoms with Crippen molar-refractivity contribution in [3.8, 4) is 11.4 Å². The molecule has 1 saturated heterocycles. The third-order valence-corrected chi connectivity index (χ3v) is 6.24. The lowest BCUT2D eigenvalue weighted by Crippen LogP contribution is -2.47. The molecule has 1 saturated carbocycles. The first-order valence-electron chi connectivity index (χ1n) is 11.4. The molecule has 1 amide bonds. The van der Waals surface area contributed by atoms with Crippen LogP contribution in [-0.2, 0) is 6.54 Å². The third-order valence-electron chi connectivity index (χ3n) is 6.24. The van der Waals surface area contributed by atoms with E-state index in [1.165, 1.54) is 12.8 Å². The summed E-state index contributed by atoms with van der Waals surface area (Å²) in [5.74, 6) is 2.37. The van der Waals surface area contributed by atoms with Gasteiger partial charge < -0.3 is 19.7 Å². The van der Waals surface area contributed by atoms with E-state index >= 15 is 0 Å². The van der Waals surface area contributed by atoms with Crippen molar-refractivity contribution in [2.75, 3.05) is 38.5 Å². The summed E-state index contributed by atoms with van der Waals surface area (Å²) in [6.07, 6.45) is 6.13. The summed E-state index contributed by atoms with van der Waals surface area (Å²) in [5.41, 5.74) is 3.42. The van der Waals surface area contributed by atoms with Crippen molar-refractivity contribution in [3.63, 3.8) is 0 Å². The van der Waals surface area contributed by atoms with Gasteiger partial charge in [-0.2, -0.15) is 0 Å². The van der Waals surface area contributed by atoms with Crippen molar-refractivity contribution in [1.82, 2.24) is 29.3 Å². The lowest BCUT2D eigenvalue weighted by atomic mass is 10.1. The Hall–Kier alpha value is -3.26. The Balaban J connectivity index is 1.29. The molecule has 0 spiro atoms. The number of hydrogen-bond acceptors (Lipinski definition) is 6. The van der Waals surface area contributed by atoms with Crippen LogP contribution in [0.5, 0.6) is 0 Å². The number of amides is 1. The lowest BCUT2D eigenvalue weighted by Gasteiger charge is -2.32. The highest BCUT2D eigenvalue weighted by Gasteiger charge is 2.29. The first kappa shape index (κ1) is 20.6. The summed E-state index contributed by atoms with van der Waals surface area (Å²) < 4.78 is 2.25. The van der Waals surface area contributed by atoms with Crippen LogP contribution < -0.4 is 5.32 Å². The fourth-order valence-electron chi connectivity index (χ4n) is 4.17. The van der Waals surface area contributed by atoms with Crippen LogP contribution in [0, 0.1) is 0 Å². The number of carbonyl (C=O) groups excluding carboxylic acids is 1. The molecule has 1 aliphatic carbocycles. The maximum atomic E-state index is 12.7. The normalized spacial score (nSPS) is 16.9. The van der Waals surface area contributed by atoms with E-state index in [1.807, 2.05) is 41.4 Å². The summed E-state index contributed by atoms with van der Waals surface area (Å²) in [6, 6.07) is 9.45. The van der Waals surface area contributed by atoms with Crippen LogP contribution in [0.1, 0.15) is 41.9 Å². The van der Waals surface area contributed by atoms with Gasteiger partial charge >= 0.3 is 0 Å². The average Bonchev–Trinajstić information content (AvgIpc) is 3.58. The minimum Gasteiger partial charge on any atom is -0.336 e. The Morgan fingerprint density at radius 1 is 1.06 bits per heavy atom. The van der Waals surface area contributed by atoms with Gasteiger partial charge in [-0.15, -0.1) is 0 Å². The van der Waals surface area contributed by atoms with Crippen LogP contribution in [0.2, 0.25) is 0 Å². The van der Waals surface area contributed by atoms with E-state index in [9.17, 15) is 4.79 Å². The van der Waals surface area contributed by atoms with Crippen molar-refractivity contribution in [2.24, 2.45) is 0 Å². The number of likely N-dealkylation sites (N-methyl/N-ethyl adjacent to an activating group) is 1. The quantitative estimate of drug-likeness (QED) is 0.645. The molecule has 1 N–H and O–H groups in total. The molecule has 8 heteroatoms. The molecule has 2 fully saturated rings. The largest absolute Gasteiger partial charge is 0.336 e. The second-order valence-corrected chi connectivity index (χ2v) is 8.58. The molecule has 1 aromatic carbocycles. The molecule has 5 rings (SSSR count). The lowest BCUT2D eigenvalue weighted by molar-refractivity contribution is 0.0664. The van der Waals surface area contributed by atoms with Crippen molar-refractivity contribution in [3.05, 3.63) is 54.1 Å². The molecule has 0 radical (unpaired) electrons. The highest BCUT2D eigenvalue weighted by atomic mass is 16.2. The molecule has 0 bridgehead atoms. The standard InChI is InChI=1S/C24H29N7O/c1-3-31-21(16-26-22(31)17-4-5-17)20-10-11-25-24(28-20)27-19-8-6-18(7-9-19)23(32)30-14-12-29(2)13-15-30/h6-11,16-17H,3-5,12-15H2,1-2H3,(H,25,27,28). The minimum absolute atomic E-state index is 0.0854. The molecule has 8 nitrogen and oxygen atoms in total. The van der Waals surface area contributed by atoms with Gasteiger partial charge in [0.1, 0.15) is 5.82 Å².